The van der Waals surface area contributed by atoms with E-state index in [1.807, 2.05) is 23.6 Å². The number of hydrogen-bond acceptors (Lipinski definition) is 4. The van der Waals surface area contributed by atoms with Crippen LogP contribution in [-0.2, 0) is 11.3 Å². The topological polar surface area (TPSA) is 78.9 Å². The summed E-state index contributed by atoms with van der Waals surface area (Å²) in [7, 11) is 0. The fourth-order valence-electron chi connectivity index (χ4n) is 1.75. The zero-order valence-electron chi connectivity index (χ0n) is 10.2. The lowest BCUT2D eigenvalue weighted by molar-refractivity contribution is -0.120. The Balaban J connectivity index is 2.11. The van der Waals surface area contributed by atoms with E-state index in [1.54, 1.807) is 35.6 Å². The van der Waals surface area contributed by atoms with E-state index in [0.717, 1.165) is 10.4 Å². The Hall–Kier alpha value is -2.16. The van der Waals surface area contributed by atoms with E-state index in [2.05, 4.69) is 5.32 Å². The maximum atomic E-state index is 11.5. The quantitative estimate of drug-likeness (QED) is 0.872. The molecule has 96 valence electrons. The Labute approximate surface area is 115 Å². The number of nitrogens with two attached hydrogens (primary N) is 1. The molecule has 0 spiro atoms. The third-order valence-corrected chi connectivity index (χ3v) is 3.59. The Morgan fingerprint density at radius 2 is 2.11 bits per heavy atom. The van der Waals surface area contributed by atoms with Crippen molar-refractivity contribution in [1.82, 2.24) is 5.32 Å². The van der Waals surface area contributed by atoms with Crippen molar-refractivity contribution < 1.29 is 4.79 Å². The van der Waals surface area contributed by atoms with Gasteiger partial charge in [0.25, 0.3) is 0 Å². The van der Waals surface area contributed by atoms with Gasteiger partial charge >= 0.3 is 0 Å². The number of nitrogens with zero attached hydrogens (tertiary/aromatic N) is 1. The smallest absolute Gasteiger partial charge is 0.239 e. The van der Waals surface area contributed by atoms with Crippen LogP contribution < -0.4 is 11.1 Å². The van der Waals surface area contributed by atoms with E-state index in [4.69, 9.17) is 11.0 Å². The second-order valence-electron chi connectivity index (χ2n) is 4.03. The monoisotopic (exact) mass is 271 g/mol. The molecule has 1 unspecified atom stereocenters. The number of hydrogen-bond donors (Lipinski definition) is 2. The molecule has 0 saturated heterocycles. The van der Waals surface area contributed by atoms with Gasteiger partial charge in [-0.15, -0.1) is 11.3 Å². The Morgan fingerprint density at radius 1 is 1.37 bits per heavy atom. The van der Waals surface area contributed by atoms with Gasteiger partial charge in [-0.2, -0.15) is 5.26 Å². The second-order valence-corrected chi connectivity index (χ2v) is 5.06. The molecule has 0 aliphatic carbocycles. The lowest BCUT2D eigenvalue weighted by atomic mass is 10.0. The largest absolute Gasteiger partial charge is 0.368 e. The zero-order valence-corrected chi connectivity index (χ0v) is 11.0. The lowest BCUT2D eigenvalue weighted by Gasteiger charge is -2.15. The first-order valence-electron chi connectivity index (χ1n) is 5.76. The number of amides is 1. The molecule has 0 aliphatic rings. The molecular formula is C14H13N3OS. The van der Waals surface area contributed by atoms with Crippen molar-refractivity contribution in [3.05, 3.63) is 57.8 Å². The van der Waals surface area contributed by atoms with Gasteiger partial charge in [-0.3, -0.25) is 10.1 Å². The average Bonchev–Trinajstić information content (AvgIpc) is 2.92. The summed E-state index contributed by atoms with van der Waals surface area (Å²) in [5, 5.41) is 13.9. The maximum Gasteiger partial charge on any atom is 0.239 e. The first kappa shape index (κ1) is 13.3. The van der Waals surface area contributed by atoms with Crippen molar-refractivity contribution in [2.24, 2.45) is 5.73 Å². The molecule has 1 aromatic heterocycles. The molecule has 0 radical (unpaired) electrons. The highest BCUT2D eigenvalue weighted by atomic mass is 32.1. The number of benzene rings is 1. The summed E-state index contributed by atoms with van der Waals surface area (Å²) in [6, 6.07) is 12.3. The SMILES string of the molecule is N#Cc1ccc(C(NCc2cccs2)C(N)=O)cc1. The first-order chi connectivity index (χ1) is 9.20. The number of carbonyl (C=O) groups excluding carboxylic acids is 1. The predicted octanol–water partition coefficient (Wildman–Crippen LogP) is 1.94. The molecule has 5 heteroatoms. The molecule has 1 atom stereocenters. The average molecular weight is 271 g/mol. The standard InChI is InChI=1S/C14H13N3OS/c15-8-10-3-5-11(6-4-10)13(14(16)18)17-9-12-2-1-7-19-12/h1-7,13,17H,9H2,(H2,16,18). The van der Waals surface area contributed by atoms with Crippen LogP contribution >= 0.6 is 11.3 Å². The minimum absolute atomic E-state index is 0.429. The molecule has 3 N–H and O–H groups in total. The van der Waals surface area contributed by atoms with E-state index < -0.39 is 11.9 Å². The molecule has 0 saturated carbocycles. The van der Waals surface area contributed by atoms with Crippen LogP contribution in [0.25, 0.3) is 0 Å². The minimum atomic E-state index is -0.546. The van der Waals surface area contributed by atoms with Crippen molar-refractivity contribution in [1.29, 1.82) is 5.26 Å². The van der Waals surface area contributed by atoms with Gasteiger partial charge in [0.05, 0.1) is 11.6 Å². The Kier molecular flexibility index (Phi) is 4.29. The van der Waals surface area contributed by atoms with Gasteiger partial charge < -0.3 is 5.73 Å². The molecule has 0 fully saturated rings. The number of rotatable bonds is 5. The summed E-state index contributed by atoms with van der Waals surface area (Å²) in [4.78, 5) is 12.7. The molecule has 1 heterocycles. The summed E-state index contributed by atoms with van der Waals surface area (Å²) in [5.41, 5.74) is 6.74. The number of nitrogens with one attached hydrogen (secondary N) is 1. The van der Waals surface area contributed by atoms with Gasteiger partial charge in [-0.25, -0.2) is 0 Å². The van der Waals surface area contributed by atoms with Crippen LogP contribution in [0.1, 0.15) is 22.0 Å². The van der Waals surface area contributed by atoms with Crippen LogP contribution in [0.3, 0.4) is 0 Å². The molecule has 0 bridgehead atoms. The Bertz CT molecular complexity index is 584. The van der Waals surface area contributed by atoms with E-state index >= 15 is 0 Å². The third kappa shape index (κ3) is 3.41. The van der Waals surface area contributed by atoms with Gasteiger partial charge in [0, 0.05) is 11.4 Å². The highest BCUT2D eigenvalue weighted by Crippen LogP contribution is 2.16. The molecule has 1 aromatic carbocycles. The molecule has 0 aliphatic heterocycles. The van der Waals surface area contributed by atoms with Crippen molar-refractivity contribution in [3.63, 3.8) is 0 Å². The zero-order chi connectivity index (χ0) is 13.7. The maximum absolute atomic E-state index is 11.5. The molecule has 2 aromatic rings. The summed E-state index contributed by atoms with van der Waals surface area (Å²) < 4.78 is 0. The molecule has 4 nitrogen and oxygen atoms in total. The first-order valence-corrected chi connectivity index (χ1v) is 6.64. The Morgan fingerprint density at radius 3 is 2.63 bits per heavy atom. The van der Waals surface area contributed by atoms with Crippen molar-refractivity contribution >= 4 is 17.2 Å². The minimum Gasteiger partial charge on any atom is -0.368 e. The number of carbonyl (C=O) groups is 1. The number of primary amides is 1. The van der Waals surface area contributed by atoms with Gasteiger partial charge in [-0.05, 0) is 29.1 Å². The van der Waals surface area contributed by atoms with Crippen LogP contribution in [-0.4, -0.2) is 5.91 Å². The van der Waals surface area contributed by atoms with Gasteiger partial charge in [-0.1, -0.05) is 18.2 Å². The molecule has 1 amide bonds. The van der Waals surface area contributed by atoms with E-state index in [9.17, 15) is 4.79 Å². The summed E-state index contributed by atoms with van der Waals surface area (Å²) in [6.45, 7) is 0.589. The number of nitriles is 1. The lowest BCUT2D eigenvalue weighted by Crippen LogP contribution is -2.33. The van der Waals surface area contributed by atoms with Crippen LogP contribution in [0.4, 0.5) is 0 Å². The van der Waals surface area contributed by atoms with Gasteiger partial charge in [0.1, 0.15) is 6.04 Å². The number of thiophene rings is 1. The fraction of sp³-hybridized carbons (Fsp3) is 0.143. The van der Waals surface area contributed by atoms with Crippen LogP contribution in [0.2, 0.25) is 0 Å². The fourth-order valence-corrected chi connectivity index (χ4v) is 2.40. The van der Waals surface area contributed by atoms with Crippen molar-refractivity contribution in [2.45, 2.75) is 12.6 Å². The van der Waals surface area contributed by atoms with Crippen LogP contribution in [0, 0.1) is 11.3 Å². The molecular weight excluding hydrogens is 258 g/mol. The van der Waals surface area contributed by atoms with Crippen molar-refractivity contribution in [3.8, 4) is 6.07 Å². The van der Waals surface area contributed by atoms with Gasteiger partial charge in [0.15, 0.2) is 0 Å². The van der Waals surface area contributed by atoms with Crippen LogP contribution in [0.5, 0.6) is 0 Å². The third-order valence-electron chi connectivity index (χ3n) is 2.72. The normalized spacial score (nSPS) is 11.7. The van der Waals surface area contributed by atoms with E-state index in [1.165, 1.54) is 0 Å². The highest BCUT2D eigenvalue weighted by Gasteiger charge is 2.17. The second kappa shape index (κ2) is 6.14. The summed E-state index contributed by atoms with van der Waals surface area (Å²) in [5.74, 6) is -0.429. The molecule has 2 rings (SSSR count). The van der Waals surface area contributed by atoms with Crippen molar-refractivity contribution in [2.75, 3.05) is 0 Å². The summed E-state index contributed by atoms with van der Waals surface area (Å²) in [6.07, 6.45) is 0. The van der Waals surface area contributed by atoms with Gasteiger partial charge in [0.2, 0.25) is 5.91 Å². The van der Waals surface area contributed by atoms with E-state index in [0.29, 0.717) is 12.1 Å². The highest BCUT2D eigenvalue weighted by molar-refractivity contribution is 7.09. The van der Waals surface area contributed by atoms with E-state index in [-0.39, 0.29) is 0 Å². The molecule has 19 heavy (non-hydrogen) atoms. The summed E-state index contributed by atoms with van der Waals surface area (Å²) >= 11 is 1.62. The van der Waals surface area contributed by atoms with Crippen LogP contribution in [0.15, 0.2) is 41.8 Å². The predicted molar refractivity (Wildman–Crippen MR) is 74.3 cm³/mol.